The molecule has 0 radical (unpaired) electrons. The van der Waals surface area contributed by atoms with Crippen molar-refractivity contribution in [1.29, 1.82) is 0 Å². The average Bonchev–Trinajstić information content (AvgIpc) is 2.89. The molecule has 4 rings (SSSR count). The number of morpholine rings is 1. The molecule has 1 spiro atoms. The van der Waals surface area contributed by atoms with Gasteiger partial charge >= 0.3 is 24.3 Å². The van der Waals surface area contributed by atoms with Gasteiger partial charge in [0.2, 0.25) is 5.88 Å². The van der Waals surface area contributed by atoms with Gasteiger partial charge in [-0.3, -0.25) is 0 Å². The average molecular weight is 569 g/mol. The zero-order valence-electron chi connectivity index (χ0n) is 20.4. The molecule has 2 aromatic rings. The fraction of sp³-hybridized carbons (Fsp3) is 0.500. The highest BCUT2D eigenvalue weighted by Gasteiger charge is 2.41. The van der Waals surface area contributed by atoms with Crippen molar-refractivity contribution < 1.29 is 55.6 Å². The molecule has 216 valence electrons. The molecule has 11 nitrogen and oxygen atoms in total. The van der Waals surface area contributed by atoms with Gasteiger partial charge in [0.15, 0.2) is 0 Å². The Bertz CT molecular complexity index is 1060. The molecule has 2 saturated heterocycles. The molecule has 0 aromatic carbocycles. The number of alkyl halides is 6. The van der Waals surface area contributed by atoms with Gasteiger partial charge in [0, 0.05) is 25.4 Å². The van der Waals surface area contributed by atoms with Crippen LogP contribution in [-0.4, -0.2) is 95.0 Å². The summed E-state index contributed by atoms with van der Waals surface area (Å²) < 4.78 is 75.0. The molecule has 0 bridgehead atoms. The molecule has 2 aromatic heterocycles. The summed E-state index contributed by atoms with van der Waals surface area (Å²) in [6.45, 7) is 4.20. The topological polar surface area (TPSA) is 138 Å². The zero-order valence-corrected chi connectivity index (χ0v) is 20.4. The van der Waals surface area contributed by atoms with Crippen LogP contribution in [0.5, 0.6) is 5.88 Å². The molecule has 0 saturated carbocycles. The largest absolute Gasteiger partial charge is 0.490 e. The Hall–Kier alpha value is -3.89. The van der Waals surface area contributed by atoms with Gasteiger partial charge in [0.05, 0.1) is 26.8 Å². The standard InChI is InChI=1S/C18H23N5O2.2C2HF3O2/c1-24-17-11-16(20-14-21-17)23-9-10-25-18(13-23)6-4-8-22(12-18)15-5-2-3-7-19-15;2*3-2(4,5)1(6)7/h2-3,5,7,11,14H,4,6,8-10,12-13H2,1H3;2*(H,6,7). The van der Waals surface area contributed by atoms with Gasteiger partial charge in [0.25, 0.3) is 0 Å². The summed E-state index contributed by atoms with van der Waals surface area (Å²) in [6, 6.07) is 7.93. The number of rotatable bonds is 3. The van der Waals surface area contributed by atoms with Crippen molar-refractivity contribution in [2.24, 2.45) is 0 Å². The molecule has 1 atom stereocenters. The number of methoxy groups -OCH3 is 1. The van der Waals surface area contributed by atoms with Crippen molar-refractivity contribution in [2.75, 3.05) is 49.7 Å². The number of hydrogen-bond acceptors (Lipinski definition) is 9. The van der Waals surface area contributed by atoms with E-state index in [2.05, 4.69) is 30.8 Å². The number of hydrogen-bond donors (Lipinski definition) is 2. The third kappa shape index (κ3) is 9.73. The molecule has 2 fully saturated rings. The van der Waals surface area contributed by atoms with Gasteiger partial charge in [-0.15, -0.1) is 0 Å². The van der Waals surface area contributed by atoms with Gasteiger partial charge < -0.3 is 29.5 Å². The van der Waals surface area contributed by atoms with Gasteiger partial charge in [-0.05, 0) is 25.0 Å². The highest BCUT2D eigenvalue weighted by Crippen LogP contribution is 2.32. The molecule has 17 heteroatoms. The quantitative estimate of drug-likeness (QED) is 0.528. The van der Waals surface area contributed by atoms with E-state index in [0.717, 1.165) is 50.7 Å². The molecule has 2 aliphatic heterocycles. The van der Waals surface area contributed by atoms with Crippen LogP contribution in [0, 0.1) is 0 Å². The van der Waals surface area contributed by atoms with Crippen LogP contribution in [0.3, 0.4) is 0 Å². The molecule has 0 amide bonds. The van der Waals surface area contributed by atoms with Crippen LogP contribution in [0.25, 0.3) is 0 Å². The van der Waals surface area contributed by atoms with Crippen LogP contribution in [0.2, 0.25) is 0 Å². The third-order valence-electron chi connectivity index (χ3n) is 5.41. The molecule has 39 heavy (non-hydrogen) atoms. The molecular formula is C22H25F6N5O6. The molecular weight excluding hydrogens is 544 g/mol. The predicted molar refractivity (Wildman–Crippen MR) is 123 cm³/mol. The van der Waals surface area contributed by atoms with Crippen LogP contribution >= 0.6 is 0 Å². The number of ether oxygens (including phenoxy) is 2. The van der Waals surface area contributed by atoms with E-state index in [0.29, 0.717) is 12.5 Å². The first kappa shape index (κ1) is 31.3. The number of aromatic nitrogens is 3. The Labute approximate surface area is 218 Å². The number of halogens is 6. The van der Waals surface area contributed by atoms with E-state index in [9.17, 15) is 26.3 Å². The van der Waals surface area contributed by atoms with Crippen LogP contribution in [-0.2, 0) is 14.3 Å². The van der Waals surface area contributed by atoms with E-state index < -0.39 is 24.3 Å². The van der Waals surface area contributed by atoms with E-state index in [-0.39, 0.29) is 5.60 Å². The molecule has 2 aliphatic rings. The van der Waals surface area contributed by atoms with Gasteiger partial charge in [-0.2, -0.15) is 26.3 Å². The van der Waals surface area contributed by atoms with Crippen molar-refractivity contribution in [3.05, 3.63) is 36.8 Å². The maximum atomic E-state index is 10.6. The second kappa shape index (κ2) is 13.3. The maximum absolute atomic E-state index is 10.6. The number of carbonyl (C=O) groups is 2. The van der Waals surface area contributed by atoms with Gasteiger partial charge in [-0.1, -0.05) is 6.07 Å². The lowest BCUT2D eigenvalue weighted by molar-refractivity contribution is -0.193. The minimum absolute atomic E-state index is 0.188. The minimum atomic E-state index is -5.08. The number of carboxylic acid groups (broad SMARTS) is 2. The summed E-state index contributed by atoms with van der Waals surface area (Å²) in [7, 11) is 1.62. The fourth-order valence-electron chi connectivity index (χ4n) is 3.74. The number of anilines is 2. The SMILES string of the molecule is COc1cc(N2CCOC3(CCCN(c4ccccn4)C3)C2)ncn1.O=C(O)C(F)(F)F.O=C(O)C(F)(F)F. The van der Waals surface area contributed by atoms with Crippen molar-refractivity contribution in [1.82, 2.24) is 15.0 Å². The number of nitrogens with zero attached hydrogens (tertiary/aromatic N) is 5. The van der Waals surface area contributed by atoms with Crippen LogP contribution in [0.15, 0.2) is 36.8 Å². The summed E-state index contributed by atoms with van der Waals surface area (Å²) in [5, 5.41) is 14.2. The van der Waals surface area contributed by atoms with Crippen LogP contribution < -0.4 is 14.5 Å². The second-order valence-electron chi connectivity index (χ2n) is 8.19. The van der Waals surface area contributed by atoms with Crippen molar-refractivity contribution in [3.63, 3.8) is 0 Å². The number of carboxylic acids is 2. The van der Waals surface area contributed by atoms with Crippen molar-refractivity contribution in [2.45, 2.75) is 30.8 Å². The number of aliphatic carboxylic acids is 2. The normalized spacial score (nSPS) is 19.3. The fourth-order valence-corrected chi connectivity index (χ4v) is 3.74. The number of piperidine rings is 1. The summed E-state index contributed by atoms with van der Waals surface area (Å²) in [6.07, 6.45) is -4.62. The van der Waals surface area contributed by atoms with Crippen LogP contribution in [0.1, 0.15) is 12.8 Å². The molecule has 4 heterocycles. The molecule has 1 unspecified atom stereocenters. The lowest BCUT2D eigenvalue weighted by Crippen LogP contribution is -2.60. The summed E-state index contributed by atoms with van der Waals surface area (Å²) in [4.78, 5) is 35.4. The van der Waals surface area contributed by atoms with E-state index >= 15 is 0 Å². The van der Waals surface area contributed by atoms with Gasteiger partial charge in [-0.25, -0.2) is 24.5 Å². The second-order valence-corrected chi connectivity index (χ2v) is 8.19. The molecule has 0 aliphatic carbocycles. The van der Waals surface area contributed by atoms with E-state index in [4.69, 9.17) is 29.3 Å². The Morgan fingerprint density at radius 2 is 1.54 bits per heavy atom. The Kier molecular flexibility index (Phi) is 10.6. The maximum Gasteiger partial charge on any atom is 0.490 e. The highest BCUT2D eigenvalue weighted by atomic mass is 19.4. The zero-order chi connectivity index (χ0) is 29.3. The first-order valence-electron chi connectivity index (χ1n) is 11.2. The minimum Gasteiger partial charge on any atom is -0.481 e. The number of pyridine rings is 1. The summed E-state index contributed by atoms with van der Waals surface area (Å²) in [5.74, 6) is -3.01. The monoisotopic (exact) mass is 569 g/mol. The lowest BCUT2D eigenvalue weighted by atomic mass is 9.90. The first-order valence-corrected chi connectivity index (χ1v) is 11.2. The van der Waals surface area contributed by atoms with E-state index in [1.165, 1.54) is 0 Å². The van der Waals surface area contributed by atoms with Gasteiger partial charge in [0.1, 0.15) is 23.6 Å². The lowest BCUT2D eigenvalue weighted by Gasteiger charge is -2.48. The van der Waals surface area contributed by atoms with E-state index in [1.807, 2.05) is 24.4 Å². The molecule has 2 N–H and O–H groups in total. The predicted octanol–water partition coefficient (Wildman–Crippen LogP) is 3.02. The Morgan fingerprint density at radius 1 is 0.949 bits per heavy atom. The smallest absolute Gasteiger partial charge is 0.481 e. The third-order valence-corrected chi connectivity index (χ3v) is 5.41. The van der Waals surface area contributed by atoms with Crippen molar-refractivity contribution in [3.8, 4) is 5.88 Å². The van der Waals surface area contributed by atoms with E-state index in [1.54, 1.807) is 13.4 Å². The Morgan fingerprint density at radius 3 is 2.05 bits per heavy atom. The first-order chi connectivity index (χ1) is 18.2. The van der Waals surface area contributed by atoms with Crippen molar-refractivity contribution >= 4 is 23.6 Å². The summed E-state index contributed by atoms with van der Waals surface area (Å²) in [5.41, 5.74) is -0.188. The summed E-state index contributed by atoms with van der Waals surface area (Å²) >= 11 is 0. The Balaban J connectivity index is 0.000000317. The van der Waals surface area contributed by atoms with Crippen LogP contribution in [0.4, 0.5) is 38.0 Å². The highest BCUT2D eigenvalue weighted by molar-refractivity contribution is 5.73.